The number of hydrogen-bond donors (Lipinski definition) is 0. The average molecular weight is 367 g/mol. The van der Waals surface area contributed by atoms with Crippen LogP contribution >= 0.6 is 15.9 Å². The van der Waals surface area contributed by atoms with Gasteiger partial charge in [0.25, 0.3) is 0 Å². The molecule has 1 aromatic carbocycles. The van der Waals surface area contributed by atoms with Crippen molar-refractivity contribution in [2.45, 2.75) is 5.92 Å². The fourth-order valence-corrected chi connectivity index (χ4v) is 3.63. The summed E-state index contributed by atoms with van der Waals surface area (Å²) in [7, 11) is 2.68. The summed E-state index contributed by atoms with van der Waals surface area (Å²) in [6, 6.07) is 5.67. The lowest BCUT2D eigenvalue weighted by Crippen LogP contribution is -2.31. The predicted octanol–water partition coefficient (Wildman–Crippen LogP) is 2.44. The summed E-state index contributed by atoms with van der Waals surface area (Å²) < 4.78 is 16.4. The van der Waals surface area contributed by atoms with Crippen LogP contribution in [-0.2, 0) is 19.1 Å². The van der Waals surface area contributed by atoms with Crippen LogP contribution in [0.2, 0.25) is 0 Å². The molecule has 22 heavy (non-hydrogen) atoms. The van der Waals surface area contributed by atoms with Crippen molar-refractivity contribution in [3.63, 3.8) is 0 Å². The van der Waals surface area contributed by atoms with E-state index in [1.54, 1.807) is 6.08 Å². The molecule has 5 nitrogen and oxygen atoms in total. The topological polar surface area (TPSA) is 61.8 Å². The molecule has 0 bridgehead atoms. The molecule has 1 aromatic rings. The van der Waals surface area contributed by atoms with Gasteiger partial charge in [-0.15, -0.1) is 0 Å². The van der Waals surface area contributed by atoms with E-state index in [0.717, 1.165) is 15.8 Å². The number of benzene rings is 1. The molecule has 0 saturated heterocycles. The Morgan fingerprint density at radius 3 is 2.73 bits per heavy atom. The van der Waals surface area contributed by atoms with E-state index in [1.807, 2.05) is 18.2 Å². The van der Waals surface area contributed by atoms with E-state index in [-0.39, 0.29) is 17.8 Å². The van der Waals surface area contributed by atoms with Crippen molar-refractivity contribution in [2.75, 3.05) is 20.8 Å². The first kappa shape index (κ1) is 15.1. The third-order valence-corrected chi connectivity index (χ3v) is 4.72. The zero-order valence-corrected chi connectivity index (χ0v) is 13.8. The van der Waals surface area contributed by atoms with Gasteiger partial charge in [0.2, 0.25) is 0 Å². The van der Waals surface area contributed by atoms with E-state index in [0.29, 0.717) is 12.2 Å². The van der Waals surface area contributed by atoms with Gasteiger partial charge in [0.15, 0.2) is 0 Å². The summed E-state index contributed by atoms with van der Waals surface area (Å²) in [5.41, 5.74) is 1.38. The Balaban J connectivity index is 2.08. The van der Waals surface area contributed by atoms with Crippen molar-refractivity contribution in [2.24, 2.45) is 11.8 Å². The molecule has 0 aromatic heterocycles. The van der Waals surface area contributed by atoms with Gasteiger partial charge >= 0.3 is 11.9 Å². The molecule has 2 aliphatic rings. The van der Waals surface area contributed by atoms with E-state index in [1.165, 1.54) is 14.2 Å². The highest BCUT2D eigenvalue weighted by molar-refractivity contribution is 9.10. The maximum absolute atomic E-state index is 12.1. The lowest BCUT2D eigenvalue weighted by atomic mass is 9.79. The van der Waals surface area contributed by atoms with Crippen molar-refractivity contribution in [1.82, 2.24) is 0 Å². The highest BCUT2D eigenvalue weighted by atomic mass is 79.9. The number of fused-ring (bicyclic) bond motifs is 3. The summed E-state index contributed by atoms with van der Waals surface area (Å²) in [5.74, 6) is -0.953. The summed E-state index contributed by atoms with van der Waals surface area (Å²) in [4.78, 5) is 24.1. The highest BCUT2D eigenvalue weighted by Gasteiger charge is 2.48. The van der Waals surface area contributed by atoms with E-state index in [9.17, 15) is 9.59 Å². The molecule has 0 radical (unpaired) electrons. The quantitative estimate of drug-likeness (QED) is 0.752. The first-order chi connectivity index (χ1) is 10.6. The average Bonchev–Trinajstić information content (AvgIpc) is 2.93. The molecule has 116 valence electrons. The van der Waals surface area contributed by atoms with Gasteiger partial charge in [-0.25, -0.2) is 4.79 Å². The van der Waals surface area contributed by atoms with Gasteiger partial charge in [-0.3, -0.25) is 4.79 Å². The van der Waals surface area contributed by atoms with Crippen LogP contribution in [0.1, 0.15) is 11.5 Å². The van der Waals surface area contributed by atoms with Gasteiger partial charge in [-0.1, -0.05) is 22.0 Å². The molecule has 3 rings (SSSR count). The lowest BCUT2D eigenvalue weighted by Gasteiger charge is -2.32. The van der Waals surface area contributed by atoms with Crippen LogP contribution in [-0.4, -0.2) is 32.8 Å². The Labute approximate surface area is 136 Å². The molecule has 0 fully saturated rings. The summed E-state index contributed by atoms with van der Waals surface area (Å²) in [6.07, 6.45) is 1.66. The van der Waals surface area contributed by atoms with E-state index >= 15 is 0 Å². The SMILES string of the molecule is COC(=O)C1=C[C@@H](C(=O)OC)[C@@H]2c3cc(Br)ccc3OC[C@H]12. The van der Waals surface area contributed by atoms with Crippen LogP contribution in [0.25, 0.3) is 0 Å². The Hall–Kier alpha value is -1.82. The maximum Gasteiger partial charge on any atom is 0.333 e. The largest absolute Gasteiger partial charge is 0.493 e. The van der Waals surface area contributed by atoms with Crippen LogP contribution in [0.5, 0.6) is 5.75 Å². The van der Waals surface area contributed by atoms with E-state index in [4.69, 9.17) is 14.2 Å². The molecule has 0 N–H and O–H groups in total. The second kappa shape index (κ2) is 5.76. The molecular formula is C16H15BrO5. The lowest BCUT2D eigenvalue weighted by molar-refractivity contribution is -0.144. The van der Waals surface area contributed by atoms with Crippen molar-refractivity contribution in [3.05, 3.63) is 39.9 Å². The van der Waals surface area contributed by atoms with Crippen molar-refractivity contribution in [3.8, 4) is 5.75 Å². The van der Waals surface area contributed by atoms with E-state index in [2.05, 4.69) is 15.9 Å². The first-order valence-electron chi connectivity index (χ1n) is 6.87. The molecule has 1 aliphatic carbocycles. The van der Waals surface area contributed by atoms with Gasteiger partial charge in [0.05, 0.1) is 26.7 Å². The Kier molecular flexibility index (Phi) is 3.95. The molecule has 0 saturated carbocycles. The standard InChI is InChI=1S/C16H15BrO5/c1-20-15(18)9-6-11(16(19)21-2)14-10-5-8(17)3-4-13(10)22-7-12(9)14/h3-6,11-12,14H,7H2,1-2H3/t11-,12-,14+/m1/s1. The second-order valence-electron chi connectivity index (χ2n) is 5.29. The number of hydrogen-bond acceptors (Lipinski definition) is 5. The van der Waals surface area contributed by atoms with Crippen molar-refractivity contribution >= 4 is 27.9 Å². The fourth-order valence-electron chi connectivity index (χ4n) is 3.25. The van der Waals surface area contributed by atoms with Crippen LogP contribution in [0, 0.1) is 11.8 Å². The number of carbonyl (C=O) groups is 2. The molecule has 0 amide bonds. The minimum Gasteiger partial charge on any atom is -0.493 e. The van der Waals surface area contributed by atoms with Gasteiger partial charge in [-0.05, 0) is 18.2 Å². The maximum atomic E-state index is 12.1. The first-order valence-corrected chi connectivity index (χ1v) is 7.66. The van der Waals surface area contributed by atoms with Crippen molar-refractivity contribution in [1.29, 1.82) is 0 Å². The number of halogens is 1. The molecule has 1 heterocycles. The number of carbonyl (C=O) groups excluding carboxylic acids is 2. The third kappa shape index (κ3) is 2.31. The van der Waals surface area contributed by atoms with Gasteiger partial charge in [-0.2, -0.15) is 0 Å². The molecule has 1 aliphatic heterocycles. The van der Waals surface area contributed by atoms with Crippen LogP contribution in [0.3, 0.4) is 0 Å². The highest BCUT2D eigenvalue weighted by Crippen LogP contribution is 2.50. The van der Waals surface area contributed by atoms with Crippen molar-refractivity contribution < 1.29 is 23.8 Å². The predicted molar refractivity (Wildman–Crippen MR) is 81.5 cm³/mol. The van der Waals surface area contributed by atoms with Gasteiger partial charge in [0.1, 0.15) is 5.75 Å². The number of methoxy groups -OCH3 is 2. The number of esters is 2. The van der Waals surface area contributed by atoms with Gasteiger partial charge in [0, 0.05) is 27.4 Å². The third-order valence-electron chi connectivity index (χ3n) is 4.22. The van der Waals surface area contributed by atoms with Crippen LogP contribution < -0.4 is 4.74 Å². The van der Waals surface area contributed by atoms with Gasteiger partial charge < -0.3 is 14.2 Å². The van der Waals surface area contributed by atoms with Crippen LogP contribution in [0.4, 0.5) is 0 Å². The minimum absolute atomic E-state index is 0.178. The summed E-state index contributed by atoms with van der Waals surface area (Å²) in [6.45, 7) is 0.341. The second-order valence-corrected chi connectivity index (χ2v) is 6.20. The number of rotatable bonds is 2. The Morgan fingerprint density at radius 2 is 2.05 bits per heavy atom. The molecular weight excluding hydrogens is 352 g/mol. The molecule has 3 atom stereocenters. The zero-order valence-electron chi connectivity index (χ0n) is 12.2. The zero-order chi connectivity index (χ0) is 15.9. The van der Waals surface area contributed by atoms with E-state index < -0.39 is 11.9 Å². The smallest absolute Gasteiger partial charge is 0.333 e. The summed E-state index contributed by atoms with van der Waals surface area (Å²) in [5, 5.41) is 0. The minimum atomic E-state index is -0.513. The molecule has 0 spiro atoms. The Morgan fingerprint density at radius 1 is 1.27 bits per heavy atom. The monoisotopic (exact) mass is 366 g/mol. The molecule has 0 unspecified atom stereocenters. The Bertz CT molecular complexity index is 667. The normalized spacial score (nSPS) is 25.4. The fraction of sp³-hybridized carbons (Fsp3) is 0.375. The van der Waals surface area contributed by atoms with Crippen LogP contribution in [0.15, 0.2) is 34.3 Å². The molecule has 6 heteroatoms. The number of ether oxygens (including phenoxy) is 3. The summed E-state index contributed by atoms with van der Waals surface area (Å²) >= 11 is 3.44.